The van der Waals surface area contributed by atoms with Gasteiger partial charge in [-0.25, -0.2) is 0 Å². The quantitative estimate of drug-likeness (QED) is 0.349. The van der Waals surface area contributed by atoms with Crippen LogP contribution < -0.4 is 0 Å². The number of hydrogen-bond donors (Lipinski definition) is 0. The van der Waals surface area contributed by atoms with Crippen molar-refractivity contribution in [3.63, 3.8) is 0 Å². The van der Waals surface area contributed by atoms with Crippen LogP contribution in [-0.4, -0.2) is 70.6 Å². The van der Waals surface area contributed by atoms with Gasteiger partial charge in [-0.2, -0.15) is 0 Å². The van der Waals surface area contributed by atoms with Crippen molar-refractivity contribution in [3.05, 3.63) is 0 Å². The van der Waals surface area contributed by atoms with E-state index in [0.29, 0.717) is 16.6 Å². The highest BCUT2D eigenvalue weighted by atomic mass is 15.2. The molecule has 0 N–H and O–H groups in total. The Labute approximate surface area is 213 Å². The Morgan fingerprint density at radius 2 is 0.485 bits per heavy atom. The highest BCUT2D eigenvalue weighted by molar-refractivity contribution is 4.82. The molecule has 0 amide bonds. The van der Waals surface area contributed by atoms with E-state index in [2.05, 4.69) is 77.0 Å². The maximum Gasteiger partial charge on any atom is 0.0125 e. The first kappa shape index (κ1) is 37.4. The normalized spacial score (nSPS) is 19.4. The maximum atomic E-state index is 2.58. The minimum Gasteiger partial charge on any atom is -0.298 e. The lowest BCUT2D eigenvalue weighted by atomic mass is 10.0. The van der Waals surface area contributed by atoms with Gasteiger partial charge in [-0.15, -0.1) is 0 Å². The second-order valence-corrected chi connectivity index (χ2v) is 11.6. The molecule has 3 aliphatic rings. The van der Waals surface area contributed by atoms with Gasteiger partial charge in [0, 0.05) is 16.6 Å². The Bertz CT molecular complexity index is 382. The molecule has 3 heterocycles. The van der Waals surface area contributed by atoms with Crippen LogP contribution in [0.1, 0.15) is 142 Å². The van der Waals surface area contributed by atoms with E-state index in [4.69, 9.17) is 0 Å². The first-order chi connectivity index (χ1) is 15.3. The molecular formula is C30H69N3. The molecular weight excluding hydrogens is 402 g/mol. The second kappa shape index (κ2) is 20.1. The summed E-state index contributed by atoms with van der Waals surface area (Å²) in [5.41, 5.74) is 1.25. The lowest BCUT2D eigenvalue weighted by Gasteiger charge is -2.42. The molecule has 0 atom stereocenters. The van der Waals surface area contributed by atoms with Crippen molar-refractivity contribution in [1.29, 1.82) is 0 Å². The molecule has 0 aromatic heterocycles. The zero-order valence-corrected chi connectivity index (χ0v) is 26.3. The van der Waals surface area contributed by atoms with E-state index in [1.807, 2.05) is 41.5 Å². The highest BCUT2D eigenvalue weighted by Crippen LogP contribution is 2.20. The Kier molecular flexibility index (Phi) is 22.8. The molecule has 3 aliphatic heterocycles. The van der Waals surface area contributed by atoms with Crippen LogP contribution in [0.15, 0.2) is 0 Å². The first-order valence-corrected chi connectivity index (χ1v) is 14.6. The van der Waals surface area contributed by atoms with Gasteiger partial charge in [-0.3, -0.25) is 14.7 Å². The number of likely N-dealkylation sites (tertiary alicyclic amines) is 3. The minimum atomic E-state index is 0.403. The van der Waals surface area contributed by atoms with E-state index in [1.165, 1.54) is 77.8 Å². The fourth-order valence-corrected chi connectivity index (χ4v) is 3.94. The summed E-state index contributed by atoms with van der Waals surface area (Å²) in [5, 5.41) is 0. The van der Waals surface area contributed by atoms with Gasteiger partial charge < -0.3 is 0 Å². The van der Waals surface area contributed by atoms with E-state index in [1.54, 1.807) is 0 Å². The van der Waals surface area contributed by atoms with Crippen molar-refractivity contribution in [2.45, 2.75) is 159 Å². The predicted molar refractivity (Wildman–Crippen MR) is 156 cm³/mol. The van der Waals surface area contributed by atoms with Crippen LogP contribution in [0.3, 0.4) is 0 Å². The number of hydrogen-bond acceptors (Lipinski definition) is 3. The zero-order chi connectivity index (χ0) is 26.7. The molecule has 0 aromatic carbocycles. The van der Waals surface area contributed by atoms with Crippen molar-refractivity contribution in [1.82, 2.24) is 14.7 Å². The molecule has 0 bridgehead atoms. The van der Waals surface area contributed by atoms with E-state index < -0.39 is 0 Å². The number of nitrogens with zero attached hydrogens (tertiary/aromatic N) is 3. The molecule has 0 saturated carbocycles. The fraction of sp³-hybridized carbons (Fsp3) is 1.00. The molecule has 3 saturated heterocycles. The van der Waals surface area contributed by atoms with Crippen molar-refractivity contribution < 1.29 is 0 Å². The summed E-state index contributed by atoms with van der Waals surface area (Å²) in [4.78, 5) is 7.62. The van der Waals surface area contributed by atoms with Crippen molar-refractivity contribution in [3.8, 4) is 0 Å². The fourth-order valence-electron chi connectivity index (χ4n) is 3.94. The van der Waals surface area contributed by atoms with Crippen LogP contribution in [0.25, 0.3) is 0 Å². The molecule has 0 spiro atoms. The lowest BCUT2D eigenvalue weighted by Crippen LogP contribution is -2.49. The molecule has 0 unspecified atom stereocenters. The van der Waals surface area contributed by atoms with E-state index >= 15 is 0 Å². The first-order valence-electron chi connectivity index (χ1n) is 14.6. The Morgan fingerprint density at radius 1 is 0.303 bits per heavy atom. The van der Waals surface area contributed by atoms with Gasteiger partial charge in [0.25, 0.3) is 0 Å². The van der Waals surface area contributed by atoms with Crippen molar-refractivity contribution in [2.75, 3.05) is 39.3 Å². The summed E-state index contributed by atoms with van der Waals surface area (Å²) in [7, 11) is 0. The van der Waals surface area contributed by atoms with Crippen molar-refractivity contribution >= 4 is 0 Å². The largest absolute Gasteiger partial charge is 0.298 e. The standard InChI is InChI=1S/C9H19N.C8H17N.C7H15N.3C2H6/c1-9(2,3)10-7-5-4-6-8-10;1-8(2,3)9-6-4-5-7-9;1-7(2,3)8-5-4-6-8;3*1-2/h4-8H2,1-3H3;4-7H2,1-3H3;4-6H2,1-3H3;3*1-2H3. The summed E-state index contributed by atoms with van der Waals surface area (Å²) in [5.74, 6) is 0. The van der Waals surface area contributed by atoms with Gasteiger partial charge in [0.15, 0.2) is 0 Å². The van der Waals surface area contributed by atoms with Crippen LogP contribution in [0.2, 0.25) is 0 Å². The average molecular weight is 472 g/mol. The molecule has 0 radical (unpaired) electrons. The van der Waals surface area contributed by atoms with Gasteiger partial charge in [-0.05, 0) is 134 Å². The van der Waals surface area contributed by atoms with Crippen LogP contribution in [-0.2, 0) is 0 Å². The third-order valence-corrected chi connectivity index (χ3v) is 6.16. The topological polar surface area (TPSA) is 9.72 Å². The van der Waals surface area contributed by atoms with E-state index in [0.717, 1.165) is 0 Å². The van der Waals surface area contributed by atoms with Gasteiger partial charge in [0.1, 0.15) is 0 Å². The van der Waals surface area contributed by atoms with Gasteiger partial charge >= 0.3 is 0 Å². The number of piperidine rings is 1. The third-order valence-electron chi connectivity index (χ3n) is 6.16. The average Bonchev–Trinajstić information content (AvgIpc) is 3.27. The summed E-state index contributed by atoms with van der Waals surface area (Å²) < 4.78 is 0. The molecule has 33 heavy (non-hydrogen) atoms. The third kappa shape index (κ3) is 18.8. The number of rotatable bonds is 0. The lowest BCUT2D eigenvalue weighted by molar-refractivity contribution is 0.0690. The van der Waals surface area contributed by atoms with E-state index in [-0.39, 0.29) is 0 Å². The summed E-state index contributed by atoms with van der Waals surface area (Å²) >= 11 is 0. The second-order valence-electron chi connectivity index (χ2n) is 11.6. The summed E-state index contributed by atoms with van der Waals surface area (Å²) in [6, 6.07) is 0. The molecule has 3 rings (SSSR count). The molecule has 3 nitrogen and oxygen atoms in total. The van der Waals surface area contributed by atoms with Crippen LogP contribution in [0, 0.1) is 0 Å². The van der Waals surface area contributed by atoms with E-state index in [9.17, 15) is 0 Å². The SMILES string of the molecule is CC.CC.CC.CC(C)(C)N1CCC1.CC(C)(C)N1CCCC1.CC(C)(C)N1CCCCC1. The Balaban J connectivity index is -0.000000368. The molecule has 0 aliphatic carbocycles. The zero-order valence-electron chi connectivity index (χ0n) is 26.3. The molecule has 204 valence electrons. The maximum absolute atomic E-state index is 2.58. The molecule has 0 aromatic rings. The minimum absolute atomic E-state index is 0.403. The van der Waals surface area contributed by atoms with Gasteiger partial charge in [-0.1, -0.05) is 48.0 Å². The summed E-state index contributed by atoms with van der Waals surface area (Å²) in [6.45, 7) is 40.4. The smallest absolute Gasteiger partial charge is 0.0125 e. The summed E-state index contributed by atoms with van der Waals surface area (Å²) in [6.07, 6.45) is 8.44. The van der Waals surface area contributed by atoms with Gasteiger partial charge in [0.05, 0.1) is 0 Å². The van der Waals surface area contributed by atoms with Crippen LogP contribution in [0.4, 0.5) is 0 Å². The highest BCUT2D eigenvalue weighted by Gasteiger charge is 2.26. The van der Waals surface area contributed by atoms with Crippen molar-refractivity contribution in [2.24, 2.45) is 0 Å². The molecule has 3 fully saturated rings. The van der Waals surface area contributed by atoms with Gasteiger partial charge in [0.2, 0.25) is 0 Å². The van der Waals surface area contributed by atoms with Crippen LogP contribution >= 0.6 is 0 Å². The predicted octanol–water partition coefficient (Wildman–Crippen LogP) is 8.72. The van der Waals surface area contributed by atoms with Crippen LogP contribution in [0.5, 0.6) is 0 Å². The Hall–Kier alpha value is -0.120. The Morgan fingerprint density at radius 3 is 0.606 bits per heavy atom. The monoisotopic (exact) mass is 472 g/mol. The molecule has 3 heteroatoms.